The van der Waals surface area contributed by atoms with Crippen molar-refractivity contribution in [2.24, 2.45) is 0 Å². The Balaban J connectivity index is 1.61. The molecule has 0 aliphatic heterocycles. The molecule has 3 nitrogen and oxygen atoms in total. The summed E-state index contributed by atoms with van der Waals surface area (Å²) in [4.78, 5) is 5.48. The lowest BCUT2D eigenvalue weighted by Gasteiger charge is -2.19. The van der Waals surface area contributed by atoms with Gasteiger partial charge in [-0.1, -0.05) is 18.2 Å². The standard InChI is InChI=1S/C15H21N3/c1-18(15-8-3-2-4-9-15)12-6-10-16-13-14-7-5-11-17-14/h2-5,7-9,11,16-17H,6,10,12-13H2,1H3. The van der Waals surface area contributed by atoms with Crippen LogP contribution in [-0.4, -0.2) is 25.1 Å². The highest BCUT2D eigenvalue weighted by atomic mass is 15.1. The Hall–Kier alpha value is -1.74. The first-order valence-corrected chi connectivity index (χ1v) is 6.45. The number of anilines is 1. The van der Waals surface area contributed by atoms with Gasteiger partial charge < -0.3 is 15.2 Å². The van der Waals surface area contributed by atoms with Gasteiger partial charge in [0.1, 0.15) is 0 Å². The van der Waals surface area contributed by atoms with E-state index >= 15 is 0 Å². The van der Waals surface area contributed by atoms with Crippen molar-refractivity contribution in [1.82, 2.24) is 10.3 Å². The molecule has 2 aromatic rings. The monoisotopic (exact) mass is 243 g/mol. The fourth-order valence-electron chi connectivity index (χ4n) is 1.95. The lowest BCUT2D eigenvalue weighted by molar-refractivity contribution is 0.639. The van der Waals surface area contributed by atoms with Gasteiger partial charge in [0.2, 0.25) is 0 Å². The summed E-state index contributed by atoms with van der Waals surface area (Å²) in [6.45, 7) is 3.03. The molecule has 0 saturated heterocycles. The molecule has 0 saturated carbocycles. The molecular formula is C15H21N3. The van der Waals surface area contributed by atoms with Crippen LogP contribution in [0.15, 0.2) is 48.7 Å². The average molecular weight is 243 g/mol. The van der Waals surface area contributed by atoms with Crippen LogP contribution in [0.5, 0.6) is 0 Å². The molecule has 0 bridgehead atoms. The molecule has 0 aliphatic rings. The van der Waals surface area contributed by atoms with E-state index in [-0.39, 0.29) is 0 Å². The normalized spacial score (nSPS) is 10.5. The SMILES string of the molecule is CN(CCCNCc1ccc[nH]1)c1ccccc1. The summed E-state index contributed by atoms with van der Waals surface area (Å²) in [6.07, 6.45) is 3.10. The zero-order valence-electron chi connectivity index (χ0n) is 10.9. The maximum atomic E-state index is 3.44. The third-order valence-electron chi connectivity index (χ3n) is 3.02. The van der Waals surface area contributed by atoms with E-state index in [0.717, 1.165) is 26.1 Å². The molecule has 0 unspecified atom stereocenters. The predicted octanol–water partition coefficient (Wildman–Crippen LogP) is 2.63. The van der Waals surface area contributed by atoms with Crippen molar-refractivity contribution in [2.45, 2.75) is 13.0 Å². The summed E-state index contributed by atoms with van der Waals surface area (Å²) >= 11 is 0. The molecule has 0 spiro atoms. The molecule has 1 aromatic heterocycles. The number of aromatic amines is 1. The van der Waals surface area contributed by atoms with Gasteiger partial charge in [-0.25, -0.2) is 0 Å². The number of nitrogens with one attached hydrogen (secondary N) is 2. The third-order valence-corrected chi connectivity index (χ3v) is 3.02. The number of aromatic nitrogens is 1. The summed E-state index contributed by atoms with van der Waals surface area (Å²) in [5.74, 6) is 0. The van der Waals surface area contributed by atoms with Crippen molar-refractivity contribution < 1.29 is 0 Å². The maximum Gasteiger partial charge on any atom is 0.0363 e. The summed E-state index contributed by atoms with van der Waals surface area (Å²) in [7, 11) is 2.14. The van der Waals surface area contributed by atoms with Gasteiger partial charge in [0.05, 0.1) is 0 Å². The van der Waals surface area contributed by atoms with E-state index in [1.807, 2.05) is 12.3 Å². The number of para-hydroxylation sites is 1. The summed E-state index contributed by atoms with van der Waals surface area (Å²) < 4.78 is 0. The van der Waals surface area contributed by atoms with Gasteiger partial charge in [-0.15, -0.1) is 0 Å². The lowest BCUT2D eigenvalue weighted by atomic mass is 10.3. The largest absolute Gasteiger partial charge is 0.375 e. The topological polar surface area (TPSA) is 31.1 Å². The molecule has 0 aliphatic carbocycles. The molecular weight excluding hydrogens is 222 g/mol. The molecule has 0 amide bonds. The highest BCUT2D eigenvalue weighted by Crippen LogP contribution is 2.10. The van der Waals surface area contributed by atoms with Crippen LogP contribution in [0.25, 0.3) is 0 Å². The zero-order chi connectivity index (χ0) is 12.6. The second-order valence-electron chi connectivity index (χ2n) is 4.48. The Morgan fingerprint density at radius 2 is 1.94 bits per heavy atom. The summed E-state index contributed by atoms with van der Waals surface area (Å²) in [6, 6.07) is 14.6. The average Bonchev–Trinajstić information content (AvgIpc) is 2.92. The minimum Gasteiger partial charge on any atom is -0.375 e. The van der Waals surface area contributed by atoms with Crippen LogP contribution in [0, 0.1) is 0 Å². The maximum absolute atomic E-state index is 3.44. The van der Waals surface area contributed by atoms with Crippen LogP contribution < -0.4 is 10.2 Å². The van der Waals surface area contributed by atoms with Gasteiger partial charge in [0, 0.05) is 37.7 Å². The quantitative estimate of drug-likeness (QED) is 0.732. The second-order valence-corrected chi connectivity index (χ2v) is 4.48. The third kappa shape index (κ3) is 3.93. The van der Waals surface area contributed by atoms with Crippen LogP contribution in [0.4, 0.5) is 5.69 Å². The number of rotatable bonds is 7. The molecule has 0 atom stereocenters. The van der Waals surface area contributed by atoms with E-state index in [4.69, 9.17) is 0 Å². The number of hydrogen-bond donors (Lipinski definition) is 2. The molecule has 0 radical (unpaired) electrons. The summed E-state index contributed by atoms with van der Waals surface area (Å²) in [5, 5.41) is 3.44. The van der Waals surface area contributed by atoms with Gasteiger partial charge in [-0.3, -0.25) is 0 Å². The Bertz CT molecular complexity index is 422. The number of H-pyrrole nitrogens is 1. The molecule has 3 heteroatoms. The first kappa shape index (κ1) is 12.7. The van der Waals surface area contributed by atoms with Gasteiger partial charge in [-0.05, 0) is 37.2 Å². The van der Waals surface area contributed by atoms with Crippen LogP contribution in [0.2, 0.25) is 0 Å². The second kappa shape index (κ2) is 6.87. The molecule has 18 heavy (non-hydrogen) atoms. The highest BCUT2D eigenvalue weighted by Gasteiger charge is 1.99. The van der Waals surface area contributed by atoms with Crippen molar-refractivity contribution in [3.05, 3.63) is 54.4 Å². The number of benzene rings is 1. The van der Waals surface area contributed by atoms with Crippen LogP contribution in [-0.2, 0) is 6.54 Å². The smallest absolute Gasteiger partial charge is 0.0363 e. The zero-order valence-corrected chi connectivity index (χ0v) is 10.9. The Kier molecular flexibility index (Phi) is 4.85. The molecule has 0 fully saturated rings. The predicted molar refractivity (Wildman–Crippen MR) is 76.8 cm³/mol. The van der Waals surface area contributed by atoms with Crippen LogP contribution in [0.3, 0.4) is 0 Å². The fourth-order valence-corrected chi connectivity index (χ4v) is 1.95. The summed E-state index contributed by atoms with van der Waals surface area (Å²) in [5.41, 5.74) is 2.52. The fraction of sp³-hybridized carbons (Fsp3) is 0.333. The molecule has 1 aromatic carbocycles. The van der Waals surface area contributed by atoms with E-state index in [9.17, 15) is 0 Å². The van der Waals surface area contributed by atoms with E-state index in [0.29, 0.717) is 0 Å². The lowest BCUT2D eigenvalue weighted by Crippen LogP contribution is -2.23. The van der Waals surface area contributed by atoms with E-state index in [2.05, 4.69) is 58.6 Å². The first-order chi connectivity index (χ1) is 8.86. The first-order valence-electron chi connectivity index (χ1n) is 6.45. The molecule has 96 valence electrons. The van der Waals surface area contributed by atoms with Crippen molar-refractivity contribution in [2.75, 3.05) is 25.0 Å². The van der Waals surface area contributed by atoms with Crippen molar-refractivity contribution >= 4 is 5.69 Å². The van der Waals surface area contributed by atoms with Gasteiger partial charge in [0.25, 0.3) is 0 Å². The van der Waals surface area contributed by atoms with Crippen molar-refractivity contribution in [3.8, 4) is 0 Å². The van der Waals surface area contributed by atoms with E-state index < -0.39 is 0 Å². The molecule has 1 heterocycles. The van der Waals surface area contributed by atoms with Crippen LogP contribution >= 0.6 is 0 Å². The van der Waals surface area contributed by atoms with Gasteiger partial charge in [-0.2, -0.15) is 0 Å². The van der Waals surface area contributed by atoms with Crippen molar-refractivity contribution in [3.63, 3.8) is 0 Å². The Labute approximate surface area is 109 Å². The van der Waals surface area contributed by atoms with E-state index in [1.54, 1.807) is 0 Å². The van der Waals surface area contributed by atoms with Gasteiger partial charge >= 0.3 is 0 Å². The number of nitrogens with zero attached hydrogens (tertiary/aromatic N) is 1. The Morgan fingerprint density at radius 1 is 1.11 bits per heavy atom. The molecule has 2 N–H and O–H groups in total. The van der Waals surface area contributed by atoms with Gasteiger partial charge in [0.15, 0.2) is 0 Å². The minimum absolute atomic E-state index is 0.919. The van der Waals surface area contributed by atoms with E-state index in [1.165, 1.54) is 11.4 Å². The minimum atomic E-state index is 0.919. The molecule has 2 rings (SSSR count). The van der Waals surface area contributed by atoms with Crippen LogP contribution in [0.1, 0.15) is 12.1 Å². The number of hydrogen-bond acceptors (Lipinski definition) is 2. The Morgan fingerprint density at radius 3 is 2.67 bits per heavy atom. The highest BCUT2D eigenvalue weighted by molar-refractivity contribution is 5.44. The van der Waals surface area contributed by atoms with Crippen molar-refractivity contribution in [1.29, 1.82) is 0 Å².